The van der Waals surface area contributed by atoms with Gasteiger partial charge in [-0.25, -0.2) is 0 Å². The molecule has 0 N–H and O–H groups in total. The van der Waals surface area contributed by atoms with E-state index in [0.717, 1.165) is 31.5 Å². The van der Waals surface area contributed by atoms with Gasteiger partial charge in [0, 0.05) is 24.4 Å². The molecule has 1 aromatic carbocycles. The molecule has 1 aromatic rings. The molecule has 2 saturated heterocycles. The van der Waals surface area contributed by atoms with Gasteiger partial charge >= 0.3 is 0 Å². The van der Waals surface area contributed by atoms with Crippen molar-refractivity contribution in [1.29, 1.82) is 0 Å². The normalized spacial score (nSPS) is 21.5. The molecule has 2 fully saturated rings. The van der Waals surface area contributed by atoms with Crippen molar-refractivity contribution < 1.29 is 9.59 Å². The third-order valence-electron chi connectivity index (χ3n) is 4.60. The van der Waals surface area contributed by atoms with Gasteiger partial charge in [0.05, 0.1) is 5.88 Å². The Kier molecular flexibility index (Phi) is 4.43. The summed E-state index contributed by atoms with van der Waals surface area (Å²) in [5, 5.41) is 0. The van der Waals surface area contributed by atoms with E-state index in [9.17, 15) is 9.59 Å². The second-order valence-corrected chi connectivity index (χ2v) is 7.12. The van der Waals surface area contributed by atoms with Crippen LogP contribution in [0.2, 0.25) is 0 Å². The molecule has 0 spiro atoms. The summed E-state index contributed by atoms with van der Waals surface area (Å²) in [6, 6.07) is 5.48. The number of hydrogen-bond donors (Lipinski definition) is 0. The van der Waals surface area contributed by atoms with Crippen LogP contribution >= 0.6 is 11.8 Å². The van der Waals surface area contributed by atoms with Gasteiger partial charge in [-0.15, -0.1) is 11.8 Å². The van der Waals surface area contributed by atoms with Crippen molar-refractivity contribution in [2.24, 2.45) is 0 Å². The maximum atomic E-state index is 12.8. The Balaban J connectivity index is 1.78. The highest BCUT2D eigenvalue weighted by Gasteiger charge is 2.38. The fraction of sp³-hybridized carbons (Fsp3) is 0.529. The van der Waals surface area contributed by atoms with Gasteiger partial charge in [0.15, 0.2) is 0 Å². The minimum atomic E-state index is -0.294. The first-order valence-electron chi connectivity index (χ1n) is 7.82. The van der Waals surface area contributed by atoms with Crippen LogP contribution in [0.15, 0.2) is 18.2 Å². The van der Waals surface area contributed by atoms with E-state index in [-0.39, 0.29) is 17.9 Å². The van der Waals surface area contributed by atoms with E-state index >= 15 is 0 Å². The summed E-state index contributed by atoms with van der Waals surface area (Å²) in [7, 11) is 0. The number of benzene rings is 1. The lowest BCUT2D eigenvalue weighted by atomic mass is 10.1. The van der Waals surface area contributed by atoms with E-state index in [0.29, 0.717) is 17.2 Å². The molecule has 4 nitrogen and oxygen atoms in total. The molecule has 0 bridgehead atoms. The van der Waals surface area contributed by atoms with Crippen LogP contribution in [-0.4, -0.2) is 52.4 Å². The van der Waals surface area contributed by atoms with Crippen LogP contribution in [0.25, 0.3) is 0 Å². The van der Waals surface area contributed by atoms with Crippen LogP contribution in [0.1, 0.15) is 34.3 Å². The van der Waals surface area contributed by atoms with Gasteiger partial charge in [-0.3, -0.25) is 9.59 Å². The molecule has 2 aliphatic heterocycles. The average molecular weight is 318 g/mol. The summed E-state index contributed by atoms with van der Waals surface area (Å²) in [5.41, 5.74) is 2.97. The second kappa shape index (κ2) is 6.32. The topological polar surface area (TPSA) is 40.6 Å². The molecular formula is C17H22N2O2S. The Morgan fingerprint density at radius 1 is 1.14 bits per heavy atom. The van der Waals surface area contributed by atoms with Gasteiger partial charge in [0.1, 0.15) is 6.04 Å². The smallest absolute Gasteiger partial charge is 0.255 e. The van der Waals surface area contributed by atoms with E-state index in [1.165, 1.54) is 5.56 Å². The van der Waals surface area contributed by atoms with Gasteiger partial charge in [0.2, 0.25) is 5.91 Å². The van der Waals surface area contributed by atoms with Crippen LogP contribution in [0.3, 0.4) is 0 Å². The SMILES string of the molecule is Cc1ccc(C(=O)N2CSC[C@@H]2C(=O)N2CCCC2)cc1C. The molecule has 2 aliphatic rings. The summed E-state index contributed by atoms with van der Waals surface area (Å²) in [6.45, 7) is 5.73. The number of likely N-dealkylation sites (tertiary alicyclic amines) is 1. The zero-order chi connectivity index (χ0) is 15.7. The Labute approximate surface area is 135 Å². The molecule has 3 rings (SSSR count). The van der Waals surface area contributed by atoms with Crippen molar-refractivity contribution in [2.45, 2.75) is 32.7 Å². The summed E-state index contributed by atoms with van der Waals surface area (Å²) in [5.74, 6) is 1.42. The number of thioether (sulfide) groups is 1. The van der Waals surface area contributed by atoms with Crippen molar-refractivity contribution >= 4 is 23.6 Å². The summed E-state index contributed by atoms with van der Waals surface area (Å²) < 4.78 is 0. The maximum Gasteiger partial charge on any atom is 0.255 e. The van der Waals surface area contributed by atoms with E-state index in [2.05, 4.69) is 0 Å². The molecule has 118 valence electrons. The Bertz CT molecular complexity index is 596. The molecule has 5 heteroatoms. The van der Waals surface area contributed by atoms with Gasteiger partial charge in [-0.2, -0.15) is 0 Å². The first-order chi connectivity index (χ1) is 10.6. The molecule has 0 aliphatic carbocycles. The number of amides is 2. The van der Waals surface area contributed by atoms with Crippen LogP contribution in [-0.2, 0) is 4.79 Å². The lowest BCUT2D eigenvalue weighted by Gasteiger charge is -2.27. The standard InChI is InChI=1S/C17H22N2O2S/c1-12-5-6-14(9-13(12)2)16(20)19-11-22-10-15(19)17(21)18-7-3-4-8-18/h5-6,9,15H,3-4,7-8,10-11H2,1-2H3/t15-/m1/s1. The highest BCUT2D eigenvalue weighted by Crippen LogP contribution is 2.26. The number of carbonyl (C=O) groups is 2. The fourth-order valence-electron chi connectivity index (χ4n) is 3.04. The third-order valence-corrected chi connectivity index (χ3v) is 5.61. The summed E-state index contributed by atoms with van der Waals surface area (Å²) in [6.07, 6.45) is 2.16. The monoisotopic (exact) mass is 318 g/mol. The number of carbonyl (C=O) groups excluding carboxylic acids is 2. The van der Waals surface area contributed by atoms with E-state index in [4.69, 9.17) is 0 Å². The van der Waals surface area contributed by atoms with Gasteiger partial charge in [-0.05, 0) is 49.9 Å². The number of nitrogens with zero attached hydrogens (tertiary/aromatic N) is 2. The van der Waals surface area contributed by atoms with E-state index < -0.39 is 0 Å². The van der Waals surface area contributed by atoms with Crippen molar-refractivity contribution in [1.82, 2.24) is 9.80 Å². The lowest BCUT2D eigenvalue weighted by molar-refractivity contribution is -0.133. The molecule has 0 unspecified atom stereocenters. The van der Waals surface area contributed by atoms with Crippen molar-refractivity contribution in [2.75, 3.05) is 24.7 Å². The molecule has 22 heavy (non-hydrogen) atoms. The Morgan fingerprint density at radius 2 is 1.86 bits per heavy atom. The largest absolute Gasteiger partial charge is 0.341 e. The van der Waals surface area contributed by atoms with Crippen molar-refractivity contribution in [3.63, 3.8) is 0 Å². The number of hydrogen-bond acceptors (Lipinski definition) is 3. The first-order valence-corrected chi connectivity index (χ1v) is 8.98. The third kappa shape index (κ3) is 2.86. The molecule has 0 aromatic heterocycles. The predicted octanol–water partition coefficient (Wildman–Crippen LogP) is 2.44. The number of aryl methyl sites for hydroxylation is 2. The van der Waals surface area contributed by atoms with E-state index in [1.54, 1.807) is 16.7 Å². The van der Waals surface area contributed by atoms with Crippen molar-refractivity contribution in [3.05, 3.63) is 34.9 Å². The minimum Gasteiger partial charge on any atom is -0.341 e. The zero-order valence-corrected chi connectivity index (χ0v) is 14.0. The number of rotatable bonds is 2. The Morgan fingerprint density at radius 3 is 2.55 bits per heavy atom. The lowest BCUT2D eigenvalue weighted by Crippen LogP contribution is -2.48. The molecular weight excluding hydrogens is 296 g/mol. The highest BCUT2D eigenvalue weighted by molar-refractivity contribution is 7.99. The quantitative estimate of drug-likeness (QED) is 0.841. The van der Waals surface area contributed by atoms with Crippen LogP contribution in [0, 0.1) is 13.8 Å². The Hall–Kier alpha value is -1.49. The molecule has 0 saturated carbocycles. The van der Waals surface area contributed by atoms with Gasteiger partial charge in [0.25, 0.3) is 5.91 Å². The van der Waals surface area contributed by atoms with E-state index in [1.807, 2.05) is 36.9 Å². The van der Waals surface area contributed by atoms with Gasteiger partial charge < -0.3 is 9.80 Å². The van der Waals surface area contributed by atoms with Crippen molar-refractivity contribution in [3.8, 4) is 0 Å². The molecule has 2 heterocycles. The highest BCUT2D eigenvalue weighted by atomic mass is 32.2. The second-order valence-electron chi connectivity index (χ2n) is 6.12. The molecule has 0 radical (unpaired) electrons. The average Bonchev–Trinajstić information content (AvgIpc) is 3.19. The van der Waals surface area contributed by atoms with Gasteiger partial charge in [-0.1, -0.05) is 6.07 Å². The minimum absolute atomic E-state index is 0.0225. The van der Waals surface area contributed by atoms with Crippen LogP contribution < -0.4 is 0 Å². The van der Waals surface area contributed by atoms with Crippen LogP contribution in [0.5, 0.6) is 0 Å². The van der Waals surface area contributed by atoms with Crippen LogP contribution in [0.4, 0.5) is 0 Å². The predicted molar refractivity (Wildman–Crippen MR) is 89.0 cm³/mol. The maximum absolute atomic E-state index is 12.8. The molecule has 2 amide bonds. The summed E-state index contributed by atoms with van der Waals surface area (Å²) >= 11 is 1.67. The fourth-order valence-corrected chi connectivity index (χ4v) is 4.18. The molecule has 1 atom stereocenters. The summed E-state index contributed by atoms with van der Waals surface area (Å²) in [4.78, 5) is 29.1. The zero-order valence-electron chi connectivity index (χ0n) is 13.2. The first kappa shape index (κ1) is 15.4.